The molecule has 0 fully saturated rings. The number of sulfonamides is 1. The Labute approximate surface area is 186 Å². The highest BCUT2D eigenvalue weighted by molar-refractivity contribution is 7.92. The number of benzene rings is 3. The van der Waals surface area contributed by atoms with Crippen LogP contribution in [0.2, 0.25) is 5.02 Å². The summed E-state index contributed by atoms with van der Waals surface area (Å²) in [5, 5.41) is 2.69. The average Bonchev–Trinajstić information content (AvgIpc) is 2.73. The molecule has 8 heteroatoms. The molecule has 1 atom stereocenters. The number of nitrogens with one attached hydrogen (secondary N) is 1. The lowest BCUT2D eigenvalue weighted by atomic mass is 9.98. The van der Waals surface area contributed by atoms with E-state index in [4.69, 9.17) is 11.6 Å². The molecule has 31 heavy (non-hydrogen) atoms. The monoisotopic (exact) mass is 460 g/mol. The molecule has 0 aliphatic rings. The number of halogens is 2. The van der Waals surface area contributed by atoms with Crippen molar-refractivity contribution in [3.8, 4) is 0 Å². The summed E-state index contributed by atoms with van der Waals surface area (Å²) in [7, 11) is -3.82. The summed E-state index contributed by atoms with van der Waals surface area (Å²) in [6.45, 7) is 1.49. The van der Waals surface area contributed by atoms with Gasteiger partial charge in [-0.1, -0.05) is 71.8 Å². The molecule has 1 amide bonds. The maximum absolute atomic E-state index is 13.5. The molecule has 0 aromatic heterocycles. The zero-order chi connectivity index (χ0) is 22.6. The van der Waals surface area contributed by atoms with E-state index in [1.165, 1.54) is 12.1 Å². The molecule has 5 nitrogen and oxygen atoms in total. The fraction of sp³-hybridized carbons (Fsp3) is 0.174. The number of carbonyl (C=O) groups is 1. The van der Waals surface area contributed by atoms with Crippen molar-refractivity contribution in [3.05, 3.63) is 100 Å². The van der Waals surface area contributed by atoms with Gasteiger partial charge in [-0.25, -0.2) is 12.8 Å². The van der Waals surface area contributed by atoms with Gasteiger partial charge in [-0.3, -0.25) is 9.10 Å². The van der Waals surface area contributed by atoms with E-state index in [2.05, 4.69) is 5.32 Å². The van der Waals surface area contributed by atoms with Crippen molar-refractivity contribution in [2.75, 3.05) is 17.1 Å². The summed E-state index contributed by atoms with van der Waals surface area (Å²) in [4.78, 5) is 12.9. The van der Waals surface area contributed by atoms with Crippen molar-refractivity contribution in [2.45, 2.75) is 13.0 Å². The number of amides is 1. The second-order valence-corrected chi connectivity index (χ2v) is 9.50. The third kappa shape index (κ3) is 5.83. The maximum Gasteiger partial charge on any atom is 0.241 e. The van der Waals surface area contributed by atoms with Crippen LogP contribution in [0.5, 0.6) is 0 Å². The van der Waals surface area contributed by atoms with E-state index in [9.17, 15) is 17.6 Å². The van der Waals surface area contributed by atoms with Gasteiger partial charge in [0.25, 0.3) is 0 Å². The summed E-state index contributed by atoms with van der Waals surface area (Å²) in [6, 6.07) is 20.2. The lowest BCUT2D eigenvalue weighted by molar-refractivity contribution is -0.120. The van der Waals surface area contributed by atoms with E-state index < -0.39 is 34.3 Å². The fourth-order valence-electron chi connectivity index (χ4n) is 3.14. The fourth-order valence-corrected chi connectivity index (χ4v) is 4.16. The first kappa shape index (κ1) is 22.8. The first-order valence-electron chi connectivity index (χ1n) is 9.49. The molecule has 1 N–H and O–H groups in total. The highest BCUT2D eigenvalue weighted by atomic mass is 35.5. The van der Waals surface area contributed by atoms with Crippen molar-refractivity contribution in [3.63, 3.8) is 0 Å². The summed E-state index contributed by atoms with van der Waals surface area (Å²) in [5.74, 6) is -1.19. The molecule has 3 aromatic carbocycles. The third-order valence-electron chi connectivity index (χ3n) is 4.73. The Morgan fingerprint density at radius 1 is 1.03 bits per heavy atom. The van der Waals surface area contributed by atoms with Crippen LogP contribution in [0.1, 0.15) is 22.7 Å². The van der Waals surface area contributed by atoms with Gasteiger partial charge in [-0.2, -0.15) is 0 Å². The van der Waals surface area contributed by atoms with Crippen LogP contribution in [0.25, 0.3) is 0 Å². The Hall–Kier alpha value is -2.90. The molecular weight excluding hydrogens is 439 g/mol. The Balaban J connectivity index is 1.89. The van der Waals surface area contributed by atoms with Crippen LogP contribution >= 0.6 is 11.6 Å². The zero-order valence-corrected chi connectivity index (χ0v) is 18.6. The molecule has 0 aliphatic carbocycles. The van der Waals surface area contributed by atoms with Gasteiger partial charge in [0, 0.05) is 0 Å². The van der Waals surface area contributed by atoms with Crippen molar-refractivity contribution < 1.29 is 17.6 Å². The molecule has 0 saturated heterocycles. The van der Waals surface area contributed by atoms with Crippen LogP contribution in [0, 0.1) is 12.7 Å². The van der Waals surface area contributed by atoms with E-state index in [-0.39, 0.29) is 10.7 Å². The molecule has 162 valence electrons. The standard InChI is InChI=1S/C23H22ClFN2O3S/c1-16-8-10-18(11-9-16)23(17-6-4-3-5-7-17)26-22(28)15-27(31(2,29)30)19-12-13-21(25)20(24)14-19/h3-14,23H,15H2,1-2H3,(H,26,28)/t23-/m0/s1. The van der Waals surface area contributed by atoms with Gasteiger partial charge in [0.05, 0.1) is 23.0 Å². The quantitative estimate of drug-likeness (QED) is 0.566. The lowest BCUT2D eigenvalue weighted by Crippen LogP contribution is -2.41. The average molecular weight is 461 g/mol. The van der Waals surface area contributed by atoms with Gasteiger partial charge < -0.3 is 5.32 Å². The zero-order valence-electron chi connectivity index (χ0n) is 17.0. The van der Waals surface area contributed by atoms with Crippen molar-refractivity contribution in [1.29, 1.82) is 0 Å². The molecule has 0 saturated carbocycles. The Morgan fingerprint density at radius 3 is 2.23 bits per heavy atom. The van der Waals surface area contributed by atoms with Crippen LogP contribution < -0.4 is 9.62 Å². The smallest absolute Gasteiger partial charge is 0.241 e. The second-order valence-electron chi connectivity index (χ2n) is 7.19. The molecule has 0 radical (unpaired) electrons. The highest BCUT2D eigenvalue weighted by Gasteiger charge is 2.24. The van der Waals surface area contributed by atoms with E-state index in [1.807, 2.05) is 61.5 Å². The van der Waals surface area contributed by atoms with Crippen molar-refractivity contribution in [1.82, 2.24) is 5.32 Å². The highest BCUT2D eigenvalue weighted by Crippen LogP contribution is 2.25. The predicted molar refractivity (Wildman–Crippen MR) is 121 cm³/mol. The molecular formula is C23H22ClFN2O3S. The van der Waals surface area contributed by atoms with Gasteiger partial charge in [0.15, 0.2) is 0 Å². The Bertz CT molecular complexity index is 1170. The molecule has 0 bridgehead atoms. The molecule has 0 spiro atoms. The molecule has 0 unspecified atom stereocenters. The van der Waals surface area contributed by atoms with Gasteiger partial charge >= 0.3 is 0 Å². The predicted octanol–water partition coefficient (Wildman–Crippen LogP) is 4.46. The normalized spacial score (nSPS) is 12.3. The Morgan fingerprint density at radius 2 is 1.65 bits per heavy atom. The number of rotatable bonds is 7. The molecule has 3 rings (SSSR count). The number of aryl methyl sites for hydroxylation is 1. The summed E-state index contributed by atoms with van der Waals surface area (Å²) < 4.78 is 39.1. The summed E-state index contributed by atoms with van der Waals surface area (Å²) in [6.07, 6.45) is 0.978. The maximum atomic E-state index is 13.5. The molecule has 3 aromatic rings. The number of anilines is 1. The van der Waals surface area contributed by atoms with E-state index >= 15 is 0 Å². The summed E-state index contributed by atoms with van der Waals surface area (Å²) >= 11 is 5.80. The lowest BCUT2D eigenvalue weighted by Gasteiger charge is -2.25. The van der Waals surface area contributed by atoms with Crippen LogP contribution in [0.15, 0.2) is 72.8 Å². The van der Waals surface area contributed by atoms with Crippen LogP contribution in [-0.2, 0) is 14.8 Å². The number of hydrogen-bond acceptors (Lipinski definition) is 3. The Kier molecular flexibility index (Phi) is 6.97. The van der Waals surface area contributed by atoms with Gasteiger partial charge in [-0.05, 0) is 36.2 Å². The van der Waals surface area contributed by atoms with E-state index in [1.54, 1.807) is 0 Å². The van der Waals surface area contributed by atoms with E-state index in [0.29, 0.717) is 0 Å². The minimum Gasteiger partial charge on any atom is -0.344 e. The second kappa shape index (κ2) is 9.49. The minimum atomic E-state index is -3.82. The third-order valence-corrected chi connectivity index (χ3v) is 6.16. The van der Waals surface area contributed by atoms with Gasteiger partial charge in [0.2, 0.25) is 15.9 Å². The SMILES string of the molecule is Cc1ccc([C@@H](NC(=O)CN(c2ccc(F)c(Cl)c2)S(C)(=O)=O)c2ccccc2)cc1. The summed E-state index contributed by atoms with van der Waals surface area (Å²) in [5.41, 5.74) is 2.91. The molecule has 0 heterocycles. The number of nitrogens with zero attached hydrogens (tertiary/aromatic N) is 1. The molecule has 0 aliphatic heterocycles. The van der Waals surface area contributed by atoms with E-state index in [0.717, 1.165) is 33.3 Å². The minimum absolute atomic E-state index is 0.107. The van der Waals surface area contributed by atoms with Crippen molar-refractivity contribution >= 4 is 33.2 Å². The number of hydrogen-bond donors (Lipinski definition) is 1. The van der Waals surface area contributed by atoms with Crippen LogP contribution in [0.4, 0.5) is 10.1 Å². The number of carbonyl (C=O) groups excluding carboxylic acids is 1. The van der Waals surface area contributed by atoms with Gasteiger partial charge in [-0.15, -0.1) is 0 Å². The first-order chi connectivity index (χ1) is 14.6. The van der Waals surface area contributed by atoms with Crippen molar-refractivity contribution in [2.24, 2.45) is 0 Å². The van der Waals surface area contributed by atoms with Gasteiger partial charge in [0.1, 0.15) is 12.4 Å². The largest absolute Gasteiger partial charge is 0.344 e. The first-order valence-corrected chi connectivity index (χ1v) is 11.7. The topological polar surface area (TPSA) is 66.5 Å². The van der Waals surface area contributed by atoms with Crippen LogP contribution in [0.3, 0.4) is 0 Å². The van der Waals surface area contributed by atoms with Crippen LogP contribution in [-0.4, -0.2) is 27.1 Å².